The summed E-state index contributed by atoms with van der Waals surface area (Å²) in [5.41, 5.74) is 5.77. The van der Waals surface area contributed by atoms with E-state index in [2.05, 4.69) is 71.5 Å². The smallest absolute Gasteiger partial charge is 0.162 e. The fourth-order valence-corrected chi connectivity index (χ4v) is 6.58. The number of benzene rings is 4. The number of fused-ring (bicyclic) bond motifs is 4. The van der Waals surface area contributed by atoms with E-state index in [-0.39, 0.29) is 23.8 Å². The number of allylic oxidation sites excluding steroid dienone is 1. The second-order valence-corrected chi connectivity index (χ2v) is 12.6. The Hall–Kier alpha value is -2.79. The number of anilines is 1. The molecule has 0 saturated heterocycles. The first kappa shape index (κ1) is 25.5. The van der Waals surface area contributed by atoms with E-state index < -0.39 is 0 Å². The van der Waals surface area contributed by atoms with Gasteiger partial charge in [0, 0.05) is 48.9 Å². The minimum atomic E-state index is -0.338. The van der Waals surface area contributed by atoms with Crippen LogP contribution in [0.2, 0.25) is 10.0 Å². The van der Waals surface area contributed by atoms with Gasteiger partial charge in [0.25, 0.3) is 0 Å². The van der Waals surface area contributed by atoms with Crippen molar-refractivity contribution in [1.29, 1.82) is 0 Å². The number of nitrogens with one attached hydrogen (secondary N) is 1. The zero-order valence-electron chi connectivity index (χ0n) is 21.1. The Kier molecular flexibility index (Phi) is 6.54. The summed E-state index contributed by atoms with van der Waals surface area (Å²) in [4.78, 5) is 13.8. The third-order valence-electron chi connectivity index (χ3n) is 7.42. The normalized spacial score (nSPS) is 18.1. The van der Waals surface area contributed by atoms with E-state index in [4.69, 9.17) is 27.9 Å². The summed E-state index contributed by atoms with van der Waals surface area (Å²) in [5.74, 6) is 0.879. The molecular formula is C32H26BrCl2NO2. The van der Waals surface area contributed by atoms with E-state index in [9.17, 15) is 4.79 Å². The SMILES string of the molecule is CC1(C)CC(=O)C2=C(C1)c1c(ccc3ccccc13)NC2c1cc(Br)ccc1OCc1ccc(Cl)cc1Cl. The van der Waals surface area contributed by atoms with Gasteiger partial charge in [-0.15, -0.1) is 0 Å². The summed E-state index contributed by atoms with van der Waals surface area (Å²) in [6, 6.07) is 23.7. The molecule has 192 valence electrons. The average Bonchev–Trinajstić information content (AvgIpc) is 2.87. The highest BCUT2D eigenvalue weighted by Gasteiger charge is 2.41. The van der Waals surface area contributed by atoms with Crippen molar-refractivity contribution in [2.24, 2.45) is 5.41 Å². The predicted molar refractivity (Wildman–Crippen MR) is 160 cm³/mol. The molecule has 6 rings (SSSR count). The molecule has 0 spiro atoms. The summed E-state index contributed by atoms with van der Waals surface area (Å²) >= 11 is 16.1. The van der Waals surface area contributed by atoms with Gasteiger partial charge >= 0.3 is 0 Å². The Bertz CT molecular complexity index is 1640. The number of carbonyl (C=O) groups excluding carboxylic acids is 1. The molecule has 3 nitrogen and oxygen atoms in total. The van der Waals surface area contributed by atoms with Crippen LogP contribution in [0.15, 0.2) is 82.8 Å². The molecule has 1 heterocycles. The van der Waals surface area contributed by atoms with Gasteiger partial charge < -0.3 is 10.1 Å². The minimum Gasteiger partial charge on any atom is -0.488 e. The molecule has 0 amide bonds. The molecule has 0 aromatic heterocycles. The average molecular weight is 607 g/mol. The van der Waals surface area contributed by atoms with E-state index in [1.54, 1.807) is 12.1 Å². The largest absolute Gasteiger partial charge is 0.488 e. The molecule has 0 fully saturated rings. The Morgan fingerprint density at radius 2 is 1.82 bits per heavy atom. The van der Waals surface area contributed by atoms with Crippen molar-refractivity contribution >= 4 is 66.9 Å². The third-order valence-corrected chi connectivity index (χ3v) is 8.50. The Balaban J connectivity index is 1.49. The number of ketones is 1. The summed E-state index contributed by atoms with van der Waals surface area (Å²) < 4.78 is 7.26. The van der Waals surface area contributed by atoms with Gasteiger partial charge in [-0.25, -0.2) is 0 Å². The summed E-state index contributed by atoms with van der Waals surface area (Å²) in [7, 11) is 0. The van der Waals surface area contributed by atoms with Crippen LogP contribution in [0, 0.1) is 5.41 Å². The van der Waals surface area contributed by atoms with E-state index in [0.717, 1.165) is 49.8 Å². The van der Waals surface area contributed by atoms with Crippen molar-refractivity contribution in [3.63, 3.8) is 0 Å². The van der Waals surface area contributed by atoms with Gasteiger partial charge in [0.15, 0.2) is 5.78 Å². The Morgan fingerprint density at radius 1 is 1.00 bits per heavy atom. The van der Waals surface area contributed by atoms with Gasteiger partial charge in [0.2, 0.25) is 0 Å². The molecule has 1 unspecified atom stereocenters. The number of hydrogen-bond donors (Lipinski definition) is 1. The third kappa shape index (κ3) is 4.64. The number of halogens is 3. The molecule has 1 N–H and O–H groups in total. The fourth-order valence-electron chi connectivity index (χ4n) is 5.74. The molecular weight excluding hydrogens is 581 g/mol. The lowest BCUT2D eigenvalue weighted by atomic mass is 9.68. The highest BCUT2D eigenvalue weighted by molar-refractivity contribution is 9.10. The highest BCUT2D eigenvalue weighted by atomic mass is 79.9. The van der Waals surface area contributed by atoms with Crippen LogP contribution in [0.25, 0.3) is 16.3 Å². The first-order valence-corrected chi connectivity index (χ1v) is 14.2. The van der Waals surface area contributed by atoms with Gasteiger partial charge in [-0.1, -0.05) is 89.4 Å². The molecule has 0 radical (unpaired) electrons. The highest BCUT2D eigenvalue weighted by Crippen LogP contribution is 2.53. The summed E-state index contributed by atoms with van der Waals surface area (Å²) in [5, 5.41) is 7.20. The molecule has 1 atom stereocenters. The molecule has 0 saturated carbocycles. The van der Waals surface area contributed by atoms with Gasteiger partial charge in [-0.3, -0.25) is 4.79 Å². The summed E-state index contributed by atoms with van der Waals surface area (Å²) in [6.07, 6.45) is 1.34. The number of hydrogen-bond acceptors (Lipinski definition) is 3. The van der Waals surface area contributed by atoms with Gasteiger partial charge in [-0.2, -0.15) is 0 Å². The van der Waals surface area contributed by atoms with Crippen molar-refractivity contribution < 1.29 is 9.53 Å². The number of ether oxygens (including phenoxy) is 1. The molecule has 0 bridgehead atoms. The maximum Gasteiger partial charge on any atom is 0.162 e. The van der Waals surface area contributed by atoms with E-state index in [0.29, 0.717) is 22.2 Å². The van der Waals surface area contributed by atoms with Crippen LogP contribution in [0.4, 0.5) is 5.69 Å². The van der Waals surface area contributed by atoms with Crippen molar-refractivity contribution in [2.75, 3.05) is 5.32 Å². The zero-order valence-corrected chi connectivity index (χ0v) is 24.2. The molecule has 1 aliphatic carbocycles. The fraction of sp³-hybridized carbons (Fsp3) is 0.219. The Labute approximate surface area is 240 Å². The number of Topliss-reactive ketones (excluding diaryl/α,β-unsaturated/α-hetero) is 1. The Morgan fingerprint density at radius 3 is 2.63 bits per heavy atom. The van der Waals surface area contributed by atoms with Crippen molar-refractivity contribution in [3.05, 3.63) is 110 Å². The van der Waals surface area contributed by atoms with E-state index >= 15 is 0 Å². The zero-order chi connectivity index (χ0) is 26.6. The van der Waals surface area contributed by atoms with Crippen LogP contribution >= 0.6 is 39.1 Å². The van der Waals surface area contributed by atoms with Crippen LogP contribution in [0.5, 0.6) is 5.75 Å². The molecule has 1 aliphatic heterocycles. The maximum absolute atomic E-state index is 13.8. The predicted octanol–water partition coefficient (Wildman–Crippen LogP) is 9.80. The lowest BCUT2D eigenvalue weighted by Crippen LogP contribution is -2.33. The number of carbonyl (C=O) groups is 1. The minimum absolute atomic E-state index is 0.117. The standard InChI is InChI=1S/C32H26BrCl2NO2/c1-32(2)15-24-29-22-6-4-3-5-18(22)8-11-26(29)36-31(30(24)27(37)16-32)23-13-20(33)9-12-28(23)38-17-19-7-10-21(34)14-25(19)35/h3-14,31,36H,15-17H2,1-2H3. The van der Waals surface area contributed by atoms with Gasteiger partial charge in [0.05, 0.1) is 6.04 Å². The van der Waals surface area contributed by atoms with Crippen LogP contribution in [0.3, 0.4) is 0 Å². The topological polar surface area (TPSA) is 38.3 Å². The molecule has 2 aliphatic rings. The van der Waals surface area contributed by atoms with Crippen LogP contribution < -0.4 is 10.1 Å². The van der Waals surface area contributed by atoms with Crippen LogP contribution in [-0.2, 0) is 11.4 Å². The molecule has 4 aromatic rings. The molecule has 38 heavy (non-hydrogen) atoms. The second kappa shape index (κ2) is 9.75. The first-order valence-electron chi connectivity index (χ1n) is 12.6. The van der Waals surface area contributed by atoms with Crippen molar-refractivity contribution in [3.8, 4) is 5.75 Å². The molecule has 4 aromatic carbocycles. The lowest BCUT2D eigenvalue weighted by Gasteiger charge is -2.40. The molecule has 6 heteroatoms. The van der Waals surface area contributed by atoms with Crippen molar-refractivity contribution in [2.45, 2.75) is 39.3 Å². The number of rotatable bonds is 4. The van der Waals surface area contributed by atoms with Gasteiger partial charge in [0.1, 0.15) is 12.4 Å². The monoisotopic (exact) mass is 605 g/mol. The quantitative estimate of drug-likeness (QED) is 0.251. The second-order valence-electron chi connectivity index (χ2n) is 10.8. The van der Waals surface area contributed by atoms with Crippen LogP contribution in [0.1, 0.15) is 49.4 Å². The van der Waals surface area contributed by atoms with Crippen LogP contribution in [-0.4, -0.2) is 5.78 Å². The van der Waals surface area contributed by atoms with E-state index in [1.807, 2.05) is 24.3 Å². The van der Waals surface area contributed by atoms with Gasteiger partial charge in [-0.05, 0) is 64.6 Å². The van der Waals surface area contributed by atoms with Crippen molar-refractivity contribution in [1.82, 2.24) is 0 Å². The lowest BCUT2D eigenvalue weighted by molar-refractivity contribution is -0.118. The van der Waals surface area contributed by atoms with E-state index in [1.165, 1.54) is 5.39 Å². The maximum atomic E-state index is 13.8. The summed E-state index contributed by atoms with van der Waals surface area (Å²) in [6.45, 7) is 4.64. The first-order chi connectivity index (χ1) is 18.2.